The molecule has 0 spiro atoms. The van der Waals surface area contributed by atoms with E-state index in [1.54, 1.807) is 24.3 Å². The average Bonchev–Trinajstić information content (AvgIpc) is 2.28. The Morgan fingerprint density at radius 1 is 0.812 bits per heavy atom. The molecule has 2 rings (SSSR count). The molecule has 4 heteroatoms. The van der Waals surface area contributed by atoms with Gasteiger partial charge < -0.3 is 16.4 Å². The number of hydrogen-bond acceptors (Lipinski definition) is 3. The number of nitrogen functional groups attached to an aromatic ring is 2. The first kappa shape index (κ1) is 10.9. The molecular weight excluding hydrogens is 219 g/mol. The molecule has 5 N–H and O–H groups in total. The van der Waals surface area contributed by atoms with E-state index in [9.17, 15) is 4.89 Å². The lowest BCUT2D eigenvalue weighted by molar-refractivity contribution is 0.644. The molecule has 0 aromatic heterocycles. The molecule has 0 aliphatic heterocycles. The minimum Gasteiger partial charge on any atom is -0.399 e. The zero-order valence-corrected chi connectivity index (χ0v) is 9.56. The summed E-state index contributed by atoms with van der Waals surface area (Å²) in [6.45, 7) is 0. The average molecular weight is 232 g/mol. The molecular formula is C12H13N2OP. The van der Waals surface area contributed by atoms with Crippen molar-refractivity contribution in [3.63, 3.8) is 0 Å². The Kier molecular flexibility index (Phi) is 3.09. The van der Waals surface area contributed by atoms with E-state index in [2.05, 4.69) is 0 Å². The Labute approximate surface area is 95.5 Å². The Morgan fingerprint density at radius 3 is 1.62 bits per heavy atom. The van der Waals surface area contributed by atoms with Crippen molar-refractivity contribution in [1.82, 2.24) is 0 Å². The normalized spacial score (nSPS) is 10.6. The summed E-state index contributed by atoms with van der Waals surface area (Å²) in [7, 11) is -1.36. The first-order chi connectivity index (χ1) is 7.66. The van der Waals surface area contributed by atoms with Crippen molar-refractivity contribution in [3.8, 4) is 0 Å². The SMILES string of the molecule is Nc1cccc(P(O)c2cccc(N)c2)c1. The van der Waals surface area contributed by atoms with Crippen molar-refractivity contribution < 1.29 is 4.89 Å². The summed E-state index contributed by atoms with van der Waals surface area (Å²) in [5.74, 6) is 0. The first-order valence-corrected chi connectivity index (χ1v) is 6.16. The lowest BCUT2D eigenvalue weighted by atomic mass is 10.3. The van der Waals surface area contributed by atoms with Gasteiger partial charge in [-0.05, 0) is 24.3 Å². The van der Waals surface area contributed by atoms with Crippen LogP contribution in [-0.2, 0) is 0 Å². The van der Waals surface area contributed by atoms with Gasteiger partial charge in [0.25, 0.3) is 0 Å². The number of rotatable bonds is 2. The Hall–Kier alpha value is -1.57. The van der Waals surface area contributed by atoms with Crippen molar-refractivity contribution >= 4 is 30.1 Å². The van der Waals surface area contributed by atoms with Crippen molar-refractivity contribution in [2.45, 2.75) is 0 Å². The molecule has 0 fully saturated rings. The smallest absolute Gasteiger partial charge is 0.0878 e. The molecule has 0 heterocycles. The number of anilines is 2. The van der Waals surface area contributed by atoms with Crippen LogP contribution in [-0.4, -0.2) is 4.89 Å². The highest BCUT2D eigenvalue weighted by atomic mass is 31.1. The zero-order valence-electron chi connectivity index (χ0n) is 8.67. The van der Waals surface area contributed by atoms with Crippen LogP contribution < -0.4 is 22.1 Å². The Morgan fingerprint density at radius 2 is 1.25 bits per heavy atom. The van der Waals surface area contributed by atoms with Gasteiger partial charge >= 0.3 is 0 Å². The van der Waals surface area contributed by atoms with E-state index in [0.717, 1.165) is 10.6 Å². The van der Waals surface area contributed by atoms with E-state index in [4.69, 9.17) is 11.5 Å². The minimum absolute atomic E-state index is 0.656. The van der Waals surface area contributed by atoms with Crippen LogP contribution in [0.2, 0.25) is 0 Å². The van der Waals surface area contributed by atoms with E-state index in [-0.39, 0.29) is 0 Å². The van der Waals surface area contributed by atoms with Crippen LogP contribution >= 0.6 is 8.15 Å². The quantitative estimate of drug-likeness (QED) is 0.538. The third-order valence-corrected chi connectivity index (χ3v) is 3.76. The molecule has 0 unspecified atom stereocenters. The largest absolute Gasteiger partial charge is 0.399 e. The number of hydrogen-bond donors (Lipinski definition) is 3. The Bertz CT molecular complexity index is 456. The lowest BCUT2D eigenvalue weighted by Crippen LogP contribution is -2.12. The van der Waals surface area contributed by atoms with Crippen LogP contribution in [0, 0.1) is 0 Å². The van der Waals surface area contributed by atoms with Gasteiger partial charge in [0.15, 0.2) is 0 Å². The van der Waals surface area contributed by atoms with Gasteiger partial charge in [0.1, 0.15) is 0 Å². The second kappa shape index (κ2) is 4.52. The molecule has 0 amide bonds. The summed E-state index contributed by atoms with van der Waals surface area (Å²) in [5, 5.41) is 1.67. The maximum atomic E-state index is 10.2. The van der Waals surface area contributed by atoms with Crippen LogP contribution in [0.25, 0.3) is 0 Å². The van der Waals surface area contributed by atoms with E-state index < -0.39 is 8.15 Å². The molecule has 0 aliphatic rings. The third-order valence-electron chi connectivity index (χ3n) is 2.23. The molecule has 2 aromatic rings. The van der Waals surface area contributed by atoms with Crippen LogP contribution in [0.4, 0.5) is 11.4 Å². The minimum atomic E-state index is -1.36. The maximum Gasteiger partial charge on any atom is 0.0878 e. The van der Waals surface area contributed by atoms with Crippen LogP contribution in [0.3, 0.4) is 0 Å². The molecule has 0 bridgehead atoms. The van der Waals surface area contributed by atoms with E-state index >= 15 is 0 Å². The van der Waals surface area contributed by atoms with Crippen molar-refractivity contribution in [2.75, 3.05) is 11.5 Å². The maximum absolute atomic E-state index is 10.2. The van der Waals surface area contributed by atoms with Gasteiger partial charge in [-0.2, -0.15) is 0 Å². The summed E-state index contributed by atoms with van der Waals surface area (Å²) >= 11 is 0. The standard InChI is InChI=1S/C12H13N2OP/c13-9-3-1-5-11(7-9)16(15)12-6-2-4-10(14)8-12/h1-8,15H,13-14H2. The lowest BCUT2D eigenvalue weighted by Gasteiger charge is -2.11. The summed E-state index contributed by atoms with van der Waals surface area (Å²) in [6.07, 6.45) is 0. The summed E-state index contributed by atoms with van der Waals surface area (Å²) in [4.78, 5) is 10.2. The van der Waals surface area contributed by atoms with Crippen molar-refractivity contribution in [3.05, 3.63) is 48.5 Å². The summed E-state index contributed by atoms with van der Waals surface area (Å²) < 4.78 is 0. The molecule has 0 saturated heterocycles. The predicted molar refractivity (Wildman–Crippen MR) is 70.1 cm³/mol. The fourth-order valence-corrected chi connectivity index (χ4v) is 2.76. The number of nitrogens with two attached hydrogens (primary N) is 2. The van der Waals surface area contributed by atoms with E-state index in [1.165, 1.54) is 0 Å². The van der Waals surface area contributed by atoms with Gasteiger partial charge in [-0.1, -0.05) is 24.3 Å². The second-order valence-electron chi connectivity index (χ2n) is 3.50. The highest BCUT2D eigenvalue weighted by molar-refractivity contribution is 7.67. The molecule has 0 aliphatic carbocycles. The van der Waals surface area contributed by atoms with Gasteiger partial charge in [0.2, 0.25) is 0 Å². The van der Waals surface area contributed by atoms with Crippen LogP contribution in [0.15, 0.2) is 48.5 Å². The predicted octanol–water partition coefficient (Wildman–Crippen LogP) is 1.19. The highest BCUT2D eigenvalue weighted by Gasteiger charge is 2.10. The van der Waals surface area contributed by atoms with Gasteiger partial charge in [-0.3, -0.25) is 0 Å². The first-order valence-electron chi connectivity index (χ1n) is 4.87. The second-order valence-corrected chi connectivity index (χ2v) is 5.16. The fraction of sp³-hybridized carbons (Fsp3) is 0. The fourth-order valence-electron chi connectivity index (χ4n) is 1.46. The Balaban J connectivity index is 2.35. The van der Waals surface area contributed by atoms with Gasteiger partial charge in [-0.25, -0.2) is 0 Å². The van der Waals surface area contributed by atoms with E-state index in [1.807, 2.05) is 24.3 Å². The van der Waals surface area contributed by atoms with Crippen LogP contribution in [0.5, 0.6) is 0 Å². The molecule has 2 aromatic carbocycles. The third kappa shape index (κ3) is 2.32. The molecule has 82 valence electrons. The van der Waals surface area contributed by atoms with E-state index in [0.29, 0.717) is 11.4 Å². The molecule has 0 radical (unpaired) electrons. The van der Waals surface area contributed by atoms with Crippen LogP contribution in [0.1, 0.15) is 0 Å². The van der Waals surface area contributed by atoms with Gasteiger partial charge in [0, 0.05) is 22.0 Å². The topological polar surface area (TPSA) is 72.3 Å². The zero-order chi connectivity index (χ0) is 11.5. The van der Waals surface area contributed by atoms with Gasteiger partial charge in [0.05, 0.1) is 8.15 Å². The molecule has 3 nitrogen and oxygen atoms in total. The summed E-state index contributed by atoms with van der Waals surface area (Å²) in [5.41, 5.74) is 12.7. The van der Waals surface area contributed by atoms with Crippen molar-refractivity contribution in [1.29, 1.82) is 0 Å². The number of benzene rings is 2. The van der Waals surface area contributed by atoms with Gasteiger partial charge in [-0.15, -0.1) is 0 Å². The van der Waals surface area contributed by atoms with Crippen molar-refractivity contribution in [2.24, 2.45) is 0 Å². The molecule has 0 saturated carbocycles. The summed E-state index contributed by atoms with van der Waals surface area (Å²) in [6, 6.07) is 14.6. The molecule has 16 heavy (non-hydrogen) atoms. The highest BCUT2D eigenvalue weighted by Crippen LogP contribution is 2.28. The monoisotopic (exact) mass is 232 g/mol. The molecule has 0 atom stereocenters.